The van der Waals surface area contributed by atoms with E-state index in [2.05, 4.69) is 28.8 Å². The lowest BCUT2D eigenvalue weighted by atomic mass is 9.72. The molecule has 2 heterocycles. The highest BCUT2D eigenvalue weighted by atomic mass is 16.5. The molecule has 1 aromatic carbocycles. The number of benzene rings is 1. The Bertz CT molecular complexity index is 714. The number of hydrogen-bond donors (Lipinski definition) is 2. The van der Waals surface area contributed by atoms with Crippen molar-refractivity contribution in [3.63, 3.8) is 0 Å². The third-order valence-electron chi connectivity index (χ3n) is 6.53. The fraction of sp³-hybridized carbons (Fsp3) is 0.619. The minimum Gasteiger partial charge on any atom is -0.378 e. The molecule has 6 heteroatoms. The van der Waals surface area contributed by atoms with E-state index in [1.54, 1.807) is 12.0 Å². The van der Waals surface area contributed by atoms with Gasteiger partial charge in [0.1, 0.15) is 0 Å². The van der Waals surface area contributed by atoms with Crippen LogP contribution >= 0.6 is 0 Å². The van der Waals surface area contributed by atoms with Crippen molar-refractivity contribution in [2.75, 3.05) is 33.3 Å². The second-order valence-electron chi connectivity index (χ2n) is 7.93. The molecule has 2 aliphatic heterocycles. The van der Waals surface area contributed by atoms with Gasteiger partial charge in [-0.25, -0.2) is 0 Å². The predicted molar refractivity (Wildman–Crippen MR) is 102 cm³/mol. The third kappa shape index (κ3) is 3.25. The summed E-state index contributed by atoms with van der Waals surface area (Å²) in [7, 11) is 1.75. The van der Waals surface area contributed by atoms with Crippen LogP contribution in [0.3, 0.4) is 0 Å². The summed E-state index contributed by atoms with van der Waals surface area (Å²) in [5, 5.41) is 6.67. The second kappa shape index (κ2) is 7.60. The van der Waals surface area contributed by atoms with Crippen LogP contribution in [0.25, 0.3) is 0 Å². The maximum atomic E-state index is 12.7. The third-order valence-corrected chi connectivity index (χ3v) is 6.53. The lowest BCUT2D eigenvalue weighted by molar-refractivity contribution is -0.128. The second-order valence-corrected chi connectivity index (χ2v) is 7.93. The summed E-state index contributed by atoms with van der Waals surface area (Å²) in [5.41, 5.74) is 2.45. The maximum Gasteiger partial charge on any atom is 0.222 e. The van der Waals surface area contributed by atoms with Gasteiger partial charge in [-0.1, -0.05) is 24.3 Å². The molecule has 4 rings (SSSR count). The van der Waals surface area contributed by atoms with E-state index < -0.39 is 0 Å². The minimum atomic E-state index is -0.133. The van der Waals surface area contributed by atoms with Crippen LogP contribution in [0.4, 0.5) is 0 Å². The largest absolute Gasteiger partial charge is 0.378 e. The van der Waals surface area contributed by atoms with Crippen LogP contribution in [0.15, 0.2) is 24.3 Å². The molecule has 0 bridgehead atoms. The van der Waals surface area contributed by atoms with Crippen molar-refractivity contribution in [3.8, 4) is 0 Å². The van der Waals surface area contributed by atoms with E-state index in [1.807, 2.05) is 6.07 Å². The number of fused-ring (bicyclic) bond motifs is 2. The van der Waals surface area contributed by atoms with E-state index in [0.29, 0.717) is 19.4 Å². The van der Waals surface area contributed by atoms with Gasteiger partial charge >= 0.3 is 0 Å². The van der Waals surface area contributed by atoms with Gasteiger partial charge < -0.3 is 20.3 Å². The number of nitrogens with one attached hydrogen (secondary N) is 2. The molecule has 0 radical (unpaired) electrons. The van der Waals surface area contributed by atoms with Gasteiger partial charge in [0.25, 0.3) is 0 Å². The van der Waals surface area contributed by atoms with Crippen molar-refractivity contribution in [1.82, 2.24) is 15.5 Å². The SMILES string of the molecule is CO[C@@H]1[C@@H](NC(=O)CCN2CCCC2=O)c2ccccc2C12CCNCC2. The molecule has 0 saturated carbocycles. The first-order chi connectivity index (χ1) is 13.2. The van der Waals surface area contributed by atoms with Crippen molar-refractivity contribution >= 4 is 11.8 Å². The highest BCUT2D eigenvalue weighted by molar-refractivity contribution is 5.80. The van der Waals surface area contributed by atoms with Crippen LogP contribution < -0.4 is 10.6 Å². The van der Waals surface area contributed by atoms with E-state index in [9.17, 15) is 9.59 Å². The van der Waals surface area contributed by atoms with Gasteiger partial charge in [-0.05, 0) is 43.5 Å². The Balaban J connectivity index is 1.51. The molecule has 0 unspecified atom stereocenters. The van der Waals surface area contributed by atoms with Gasteiger partial charge in [0, 0.05) is 38.5 Å². The fourth-order valence-corrected chi connectivity index (χ4v) is 5.22. The number of rotatable bonds is 5. The van der Waals surface area contributed by atoms with E-state index in [-0.39, 0.29) is 29.4 Å². The van der Waals surface area contributed by atoms with Crippen LogP contribution in [0.5, 0.6) is 0 Å². The maximum absolute atomic E-state index is 12.7. The van der Waals surface area contributed by atoms with Crippen LogP contribution in [0, 0.1) is 0 Å². The molecule has 2 saturated heterocycles. The zero-order valence-corrected chi connectivity index (χ0v) is 16.0. The summed E-state index contributed by atoms with van der Waals surface area (Å²) in [6.45, 7) is 3.21. The monoisotopic (exact) mass is 371 g/mol. The Labute approximate surface area is 160 Å². The number of methoxy groups -OCH3 is 1. The number of piperidine rings is 1. The Morgan fingerprint density at radius 3 is 2.81 bits per heavy atom. The molecule has 27 heavy (non-hydrogen) atoms. The molecule has 2 amide bonds. The molecule has 1 aromatic rings. The van der Waals surface area contributed by atoms with E-state index in [4.69, 9.17) is 4.74 Å². The molecule has 146 valence electrons. The quantitative estimate of drug-likeness (QED) is 0.823. The standard InChI is InChI=1S/C21H29N3O3/c1-27-20-19(23-17(25)8-14-24-13-4-7-18(24)26)15-5-2-3-6-16(15)21(20)9-11-22-12-10-21/h2-3,5-6,19-20,22H,4,7-14H2,1H3,(H,23,25)/t19-,20+/m0/s1. The van der Waals surface area contributed by atoms with Gasteiger partial charge in [-0.3, -0.25) is 9.59 Å². The summed E-state index contributed by atoms with van der Waals surface area (Å²) in [6.07, 6.45) is 3.82. The Kier molecular flexibility index (Phi) is 5.19. The topological polar surface area (TPSA) is 70.7 Å². The normalized spacial score (nSPS) is 26.4. The summed E-state index contributed by atoms with van der Waals surface area (Å²) in [6, 6.07) is 8.30. The highest BCUT2D eigenvalue weighted by Gasteiger charge is 2.53. The smallest absolute Gasteiger partial charge is 0.222 e. The fourth-order valence-electron chi connectivity index (χ4n) is 5.22. The summed E-state index contributed by atoms with van der Waals surface area (Å²) in [4.78, 5) is 26.2. The number of hydrogen-bond acceptors (Lipinski definition) is 4. The molecule has 2 N–H and O–H groups in total. The van der Waals surface area contributed by atoms with Crippen LogP contribution in [0.2, 0.25) is 0 Å². The van der Waals surface area contributed by atoms with E-state index in [1.165, 1.54) is 11.1 Å². The Morgan fingerprint density at radius 2 is 2.11 bits per heavy atom. The first kappa shape index (κ1) is 18.4. The van der Waals surface area contributed by atoms with Crippen molar-refractivity contribution in [1.29, 1.82) is 0 Å². The van der Waals surface area contributed by atoms with Gasteiger partial charge in [-0.2, -0.15) is 0 Å². The lowest BCUT2D eigenvalue weighted by Crippen LogP contribution is -2.49. The number of carbonyl (C=O) groups excluding carboxylic acids is 2. The summed E-state index contributed by atoms with van der Waals surface area (Å²) in [5.74, 6) is 0.153. The van der Waals surface area contributed by atoms with E-state index in [0.717, 1.165) is 38.9 Å². The van der Waals surface area contributed by atoms with Crippen molar-refractivity contribution in [2.24, 2.45) is 0 Å². The molecule has 1 aliphatic carbocycles. The average molecular weight is 371 g/mol. The van der Waals surface area contributed by atoms with Gasteiger partial charge in [0.15, 0.2) is 0 Å². The average Bonchev–Trinajstić information content (AvgIpc) is 3.21. The Hall–Kier alpha value is -1.92. The highest BCUT2D eigenvalue weighted by Crippen LogP contribution is 2.51. The van der Waals surface area contributed by atoms with Crippen LogP contribution in [-0.2, 0) is 19.7 Å². The summed E-state index contributed by atoms with van der Waals surface area (Å²) >= 11 is 0. The first-order valence-electron chi connectivity index (χ1n) is 10.1. The number of ether oxygens (including phenoxy) is 1. The van der Waals surface area contributed by atoms with Crippen molar-refractivity contribution in [2.45, 2.75) is 49.7 Å². The Morgan fingerprint density at radius 1 is 1.33 bits per heavy atom. The zero-order valence-electron chi connectivity index (χ0n) is 16.0. The van der Waals surface area contributed by atoms with Gasteiger partial charge in [0.05, 0.1) is 12.1 Å². The van der Waals surface area contributed by atoms with Gasteiger partial charge in [0.2, 0.25) is 11.8 Å². The lowest BCUT2D eigenvalue weighted by Gasteiger charge is -2.40. The predicted octanol–water partition coefficient (Wildman–Crippen LogP) is 1.51. The number of likely N-dealkylation sites (tertiary alicyclic amines) is 1. The molecule has 2 atom stereocenters. The van der Waals surface area contributed by atoms with Crippen LogP contribution in [-0.4, -0.2) is 56.1 Å². The van der Waals surface area contributed by atoms with E-state index >= 15 is 0 Å². The minimum absolute atomic E-state index is 0.0115. The van der Waals surface area contributed by atoms with Crippen LogP contribution in [0.1, 0.15) is 49.3 Å². The molecular weight excluding hydrogens is 342 g/mol. The first-order valence-corrected chi connectivity index (χ1v) is 10.1. The molecular formula is C21H29N3O3. The molecule has 1 spiro atoms. The molecule has 2 fully saturated rings. The summed E-state index contributed by atoms with van der Waals surface area (Å²) < 4.78 is 5.99. The molecule has 0 aromatic heterocycles. The molecule has 3 aliphatic rings. The number of carbonyl (C=O) groups is 2. The zero-order chi connectivity index (χ0) is 18.9. The van der Waals surface area contributed by atoms with Crippen molar-refractivity contribution < 1.29 is 14.3 Å². The molecule has 6 nitrogen and oxygen atoms in total. The van der Waals surface area contributed by atoms with Gasteiger partial charge in [-0.15, -0.1) is 0 Å². The number of amides is 2. The van der Waals surface area contributed by atoms with Crippen molar-refractivity contribution in [3.05, 3.63) is 35.4 Å². The number of nitrogens with zero attached hydrogens (tertiary/aromatic N) is 1.